The van der Waals surface area contributed by atoms with Gasteiger partial charge in [-0.05, 0) is 10.8 Å². The van der Waals surface area contributed by atoms with Crippen LogP contribution >= 0.6 is 11.6 Å². The van der Waals surface area contributed by atoms with Crippen molar-refractivity contribution in [2.45, 2.75) is 39.6 Å². The van der Waals surface area contributed by atoms with Crippen LogP contribution in [0.2, 0.25) is 0 Å². The Morgan fingerprint density at radius 1 is 1.36 bits per heavy atom. The first-order valence-electron chi connectivity index (χ1n) is 4.99. The van der Waals surface area contributed by atoms with Gasteiger partial charge < -0.3 is 4.57 Å². The van der Waals surface area contributed by atoms with E-state index < -0.39 is 0 Å². The highest BCUT2D eigenvalue weighted by atomic mass is 35.5. The summed E-state index contributed by atoms with van der Waals surface area (Å²) in [7, 11) is 0. The minimum absolute atomic E-state index is 0.358. The van der Waals surface area contributed by atoms with Crippen LogP contribution in [-0.4, -0.2) is 9.55 Å². The predicted octanol–water partition coefficient (Wildman–Crippen LogP) is 3.23. The summed E-state index contributed by atoms with van der Waals surface area (Å²) in [6.45, 7) is 9.21. The van der Waals surface area contributed by atoms with Crippen molar-refractivity contribution in [2.75, 3.05) is 0 Å². The number of nitrogens with zero attached hydrogens (tertiary/aromatic N) is 2. The van der Waals surface area contributed by atoms with E-state index in [4.69, 9.17) is 11.6 Å². The summed E-state index contributed by atoms with van der Waals surface area (Å²) < 4.78 is 2.21. The smallest absolute Gasteiger partial charge is 0.0952 e. The average Bonchev–Trinajstić information content (AvgIpc) is 2.51. The van der Waals surface area contributed by atoms with E-state index in [1.54, 1.807) is 0 Å². The maximum absolute atomic E-state index is 5.73. The minimum atomic E-state index is 0.358. The van der Waals surface area contributed by atoms with Crippen molar-refractivity contribution in [3.8, 4) is 0 Å². The molecular weight excluding hydrogens is 196 g/mol. The van der Waals surface area contributed by atoms with E-state index in [1.807, 2.05) is 6.33 Å². The Labute approximate surface area is 90.3 Å². The van der Waals surface area contributed by atoms with Crippen LogP contribution in [0.3, 0.4) is 0 Å². The Morgan fingerprint density at radius 2 is 1.93 bits per heavy atom. The molecule has 0 aliphatic heterocycles. The van der Waals surface area contributed by atoms with Gasteiger partial charge in [-0.2, -0.15) is 0 Å². The Balaban J connectivity index is 2.27. The van der Waals surface area contributed by atoms with E-state index in [9.17, 15) is 0 Å². The molecule has 1 saturated carbocycles. The van der Waals surface area contributed by atoms with Crippen LogP contribution < -0.4 is 0 Å². The summed E-state index contributed by atoms with van der Waals surface area (Å²) in [5.41, 5.74) is 1.68. The van der Waals surface area contributed by atoms with E-state index >= 15 is 0 Å². The van der Waals surface area contributed by atoms with Gasteiger partial charge in [0, 0.05) is 12.2 Å². The van der Waals surface area contributed by atoms with Gasteiger partial charge >= 0.3 is 0 Å². The molecule has 1 fully saturated rings. The zero-order chi connectivity index (χ0) is 10.6. The molecule has 0 unspecified atom stereocenters. The molecular formula is C11H17ClN2. The van der Waals surface area contributed by atoms with Crippen LogP contribution in [0.25, 0.3) is 0 Å². The van der Waals surface area contributed by atoms with Gasteiger partial charge in [0.05, 0.1) is 17.9 Å². The van der Waals surface area contributed by atoms with Crippen LogP contribution in [0.15, 0.2) is 12.5 Å². The third kappa shape index (κ3) is 1.13. The zero-order valence-corrected chi connectivity index (χ0v) is 9.97. The molecule has 0 bridgehead atoms. The molecule has 1 aromatic rings. The van der Waals surface area contributed by atoms with E-state index in [-0.39, 0.29) is 0 Å². The highest BCUT2D eigenvalue weighted by Crippen LogP contribution is 2.71. The summed E-state index contributed by atoms with van der Waals surface area (Å²) >= 11 is 5.73. The molecule has 0 radical (unpaired) electrons. The Morgan fingerprint density at radius 3 is 2.29 bits per heavy atom. The number of aromatic nitrogens is 2. The SMILES string of the molecule is CC1(C)C(n2cnc(CCl)c2)C1(C)C. The number of rotatable bonds is 2. The van der Waals surface area contributed by atoms with Gasteiger partial charge in [-0.15, -0.1) is 11.6 Å². The molecule has 1 aliphatic carbocycles. The summed E-state index contributed by atoms with van der Waals surface area (Å²) in [6, 6.07) is 0.555. The second-order valence-electron chi connectivity index (χ2n) is 5.29. The summed E-state index contributed by atoms with van der Waals surface area (Å²) in [5.74, 6) is 0.501. The molecule has 0 saturated heterocycles. The molecule has 0 spiro atoms. The fourth-order valence-corrected chi connectivity index (χ4v) is 2.63. The third-order valence-corrected chi connectivity index (χ3v) is 4.31. The first-order valence-corrected chi connectivity index (χ1v) is 5.53. The lowest BCUT2D eigenvalue weighted by Gasteiger charge is -2.02. The van der Waals surface area contributed by atoms with Crippen molar-refractivity contribution in [3.05, 3.63) is 18.2 Å². The molecule has 1 aromatic heterocycles. The molecule has 0 N–H and O–H groups in total. The highest BCUT2D eigenvalue weighted by Gasteiger charge is 2.65. The zero-order valence-electron chi connectivity index (χ0n) is 9.21. The van der Waals surface area contributed by atoms with Crippen LogP contribution in [0.4, 0.5) is 0 Å². The average molecular weight is 213 g/mol. The van der Waals surface area contributed by atoms with Gasteiger partial charge in [-0.3, -0.25) is 0 Å². The molecule has 78 valence electrons. The van der Waals surface area contributed by atoms with Gasteiger partial charge in [0.15, 0.2) is 0 Å². The van der Waals surface area contributed by atoms with Gasteiger partial charge in [-0.25, -0.2) is 4.98 Å². The first-order chi connectivity index (χ1) is 6.41. The van der Waals surface area contributed by atoms with E-state index in [1.165, 1.54) is 0 Å². The summed E-state index contributed by atoms with van der Waals surface area (Å²) in [4.78, 5) is 4.26. The van der Waals surface area contributed by atoms with Gasteiger partial charge in [-0.1, -0.05) is 27.7 Å². The monoisotopic (exact) mass is 212 g/mol. The van der Waals surface area contributed by atoms with Crippen molar-refractivity contribution in [3.63, 3.8) is 0 Å². The van der Waals surface area contributed by atoms with Crippen LogP contribution in [0.1, 0.15) is 39.4 Å². The normalized spacial score (nSPS) is 23.8. The van der Waals surface area contributed by atoms with E-state index in [0.717, 1.165) is 5.69 Å². The van der Waals surface area contributed by atoms with Crippen molar-refractivity contribution in [1.82, 2.24) is 9.55 Å². The Kier molecular flexibility index (Phi) is 1.97. The largest absolute Gasteiger partial charge is 0.333 e. The van der Waals surface area contributed by atoms with Gasteiger partial charge in [0.25, 0.3) is 0 Å². The minimum Gasteiger partial charge on any atom is -0.333 e. The van der Waals surface area contributed by atoms with Gasteiger partial charge in [0.2, 0.25) is 0 Å². The molecule has 0 amide bonds. The lowest BCUT2D eigenvalue weighted by molar-refractivity contribution is 0.457. The number of halogens is 1. The maximum atomic E-state index is 5.73. The topological polar surface area (TPSA) is 17.8 Å². The molecule has 3 heteroatoms. The third-order valence-electron chi connectivity index (χ3n) is 4.03. The molecule has 1 aliphatic rings. The van der Waals surface area contributed by atoms with Crippen LogP contribution in [0, 0.1) is 10.8 Å². The fourth-order valence-electron chi connectivity index (χ4n) is 2.50. The number of alkyl halides is 1. The predicted molar refractivity (Wildman–Crippen MR) is 58.4 cm³/mol. The van der Waals surface area contributed by atoms with Crippen molar-refractivity contribution < 1.29 is 0 Å². The van der Waals surface area contributed by atoms with Crippen LogP contribution in [0.5, 0.6) is 0 Å². The first kappa shape index (κ1) is 10.0. The number of hydrogen-bond acceptors (Lipinski definition) is 1. The number of imidazole rings is 1. The molecule has 2 rings (SSSR count). The second kappa shape index (κ2) is 2.75. The van der Waals surface area contributed by atoms with Crippen molar-refractivity contribution in [1.29, 1.82) is 0 Å². The quantitative estimate of drug-likeness (QED) is 0.689. The molecule has 2 nitrogen and oxygen atoms in total. The van der Waals surface area contributed by atoms with Crippen molar-refractivity contribution in [2.24, 2.45) is 10.8 Å². The summed E-state index contributed by atoms with van der Waals surface area (Å²) in [6.07, 6.45) is 3.97. The number of hydrogen-bond donors (Lipinski definition) is 0. The lowest BCUT2D eigenvalue weighted by atomic mass is 10.0. The molecule has 1 heterocycles. The standard InChI is InChI=1S/C11H17ClN2/c1-10(2)9(11(10,3)4)14-6-8(5-12)13-7-14/h6-7,9H,5H2,1-4H3. The van der Waals surface area contributed by atoms with E-state index in [0.29, 0.717) is 22.8 Å². The van der Waals surface area contributed by atoms with Crippen LogP contribution in [-0.2, 0) is 5.88 Å². The lowest BCUT2D eigenvalue weighted by Crippen LogP contribution is -1.96. The fraction of sp³-hybridized carbons (Fsp3) is 0.727. The Hall–Kier alpha value is -0.500. The Bertz CT molecular complexity index is 338. The van der Waals surface area contributed by atoms with E-state index in [2.05, 4.69) is 43.4 Å². The van der Waals surface area contributed by atoms with Gasteiger partial charge in [0.1, 0.15) is 0 Å². The maximum Gasteiger partial charge on any atom is 0.0952 e. The highest BCUT2D eigenvalue weighted by molar-refractivity contribution is 6.16. The summed E-state index contributed by atoms with van der Waals surface area (Å²) in [5, 5.41) is 0. The molecule has 0 atom stereocenters. The molecule has 0 aromatic carbocycles. The second-order valence-corrected chi connectivity index (χ2v) is 5.56. The van der Waals surface area contributed by atoms with Crippen molar-refractivity contribution >= 4 is 11.6 Å². The molecule has 14 heavy (non-hydrogen) atoms.